The Morgan fingerprint density at radius 1 is 1.36 bits per heavy atom. The number of alkyl halides is 2. The van der Waals surface area contributed by atoms with E-state index in [0.29, 0.717) is 18.1 Å². The van der Waals surface area contributed by atoms with Crippen LogP contribution in [-0.4, -0.2) is 20.4 Å². The minimum absolute atomic E-state index is 0.0758. The maximum absolute atomic E-state index is 12.0. The number of aryl methyl sites for hydroxylation is 1. The Morgan fingerprint density at radius 3 is 2.59 bits per heavy atom. The van der Waals surface area contributed by atoms with Crippen LogP contribution >= 0.6 is 23.2 Å². The Bertz CT molecular complexity index is 712. The highest BCUT2D eigenvalue weighted by molar-refractivity contribution is 6.53. The summed E-state index contributed by atoms with van der Waals surface area (Å²) in [6.45, 7) is 3.59. The fourth-order valence-corrected chi connectivity index (χ4v) is 2.73. The van der Waals surface area contributed by atoms with E-state index >= 15 is 0 Å². The molecule has 0 saturated heterocycles. The summed E-state index contributed by atoms with van der Waals surface area (Å²) in [5.74, 6) is 0.217. The van der Waals surface area contributed by atoms with E-state index in [1.807, 2.05) is 31.2 Å². The lowest BCUT2D eigenvalue weighted by atomic mass is 10.1. The number of aromatic nitrogens is 2. The van der Waals surface area contributed by atoms with E-state index in [1.54, 1.807) is 6.92 Å². The minimum Gasteiger partial charge on any atom is -0.457 e. The molecule has 116 valence electrons. The first-order valence-electron chi connectivity index (χ1n) is 6.76. The molecular formula is C15H14Cl2N2O3. The number of rotatable bonds is 4. The van der Waals surface area contributed by atoms with Crippen molar-refractivity contribution in [3.05, 3.63) is 35.7 Å². The molecule has 1 aromatic heterocycles. The quantitative estimate of drug-likeness (QED) is 0.627. The van der Waals surface area contributed by atoms with Crippen molar-refractivity contribution < 1.29 is 14.1 Å². The summed E-state index contributed by atoms with van der Waals surface area (Å²) in [7, 11) is 0. The van der Waals surface area contributed by atoms with Gasteiger partial charge in [-0.15, -0.1) is 23.2 Å². The molecule has 0 radical (unpaired) electrons. The van der Waals surface area contributed by atoms with Crippen molar-refractivity contribution in [3.8, 4) is 11.5 Å². The normalized spacial score (nSPS) is 22.4. The molecule has 1 atom stereocenters. The van der Waals surface area contributed by atoms with E-state index in [-0.39, 0.29) is 6.61 Å². The van der Waals surface area contributed by atoms with Crippen LogP contribution in [0.2, 0.25) is 0 Å². The molecule has 0 spiro atoms. The number of hydrogen-bond acceptors (Lipinski definition) is 5. The van der Waals surface area contributed by atoms with Crippen LogP contribution in [0.4, 0.5) is 0 Å². The third-order valence-electron chi connectivity index (χ3n) is 3.81. The predicted octanol–water partition coefficient (Wildman–Crippen LogP) is 3.67. The van der Waals surface area contributed by atoms with Gasteiger partial charge in [-0.2, -0.15) is 4.98 Å². The molecule has 0 amide bonds. The van der Waals surface area contributed by atoms with E-state index in [9.17, 15) is 4.79 Å². The highest BCUT2D eigenvalue weighted by Gasteiger charge is 2.69. The standard InChI is InChI=1S/C15H14Cl2N2O3/c1-9-3-5-10(6-4-9)12-18-11(19-22-12)7-21-13(20)14(2)8-15(14,16)17/h3-6H,7-8H2,1-2H3/t14-/m1/s1. The average molecular weight is 341 g/mol. The molecule has 5 nitrogen and oxygen atoms in total. The second kappa shape index (κ2) is 5.25. The zero-order valence-electron chi connectivity index (χ0n) is 12.1. The first-order valence-corrected chi connectivity index (χ1v) is 7.52. The Hall–Kier alpha value is -1.59. The van der Waals surface area contributed by atoms with Crippen LogP contribution in [-0.2, 0) is 16.1 Å². The molecular weight excluding hydrogens is 327 g/mol. The zero-order valence-corrected chi connectivity index (χ0v) is 13.6. The van der Waals surface area contributed by atoms with Gasteiger partial charge < -0.3 is 9.26 Å². The van der Waals surface area contributed by atoms with Crippen molar-refractivity contribution in [1.29, 1.82) is 0 Å². The average Bonchev–Trinajstić information content (AvgIpc) is 2.84. The van der Waals surface area contributed by atoms with Crippen molar-refractivity contribution in [2.75, 3.05) is 0 Å². The minimum atomic E-state index is -1.05. The second-order valence-electron chi connectivity index (χ2n) is 5.67. The van der Waals surface area contributed by atoms with Gasteiger partial charge in [0.05, 0.1) is 0 Å². The predicted molar refractivity (Wildman–Crippen MR) is 81.4 cm³/mol. The summed E-state index contributed by atoms with van der Waals surface area (Å²) in [5, 5.41) is 3.80. The number of carbonyl (C=O) groups is 1. The molecule has 0 N–H and O–H groups in total. The van der Waals surface area contributed by atoms with Gasteiger partial charge in [-0.05, 0) is 26.0 Å². The summed E-state index contributed by atoms with van der Waals surface area (Å²) in [6, 6.07) is 7.68. The van der Waals surface area contributed by atoms with Crippen molar-refractivity contribution in [3.63, 3.8) is 0 Å². The Labute approximate surface area is 137 Å². The zero-order chi connectivity index (χ0) is 16.0. The van der Waals surface area contributed by atoms with Crippen LogP contribution in [0.3, 0.4) is 0 Å². The first kappa shape index (κ1) is 15.3. The first-order chi connectivity index (χ1) is 10.3. The van der Waals surface area contributed by atoms with Gasteiger partial charge in [0.15, 0.2) is 6.61 Å². The molecule has 1 aliphatic rings. The summed E-state index contributed by atoms with van der Waals surface area (Å²) in [5.41, 5.74) is 1.09. The fraction of sp³-hybridized carbons (Fsp3) is 0.400. The highest BCUT2D eigenvalue weighted by Crippen LogP contribution is 2.64. The number of ether oxygens (including phenoxy) is 1. The largest absolute Gasteiger partial charge is 0.457 e. The fourth-order valence-electron chi connectivity index (χ4n) is 2.04. The van der Waals surface area contributed by atoms with Gasteiger partial charge in [-0.3, -0.25) is 4.79 Å². The van der Waals surface area contributed by atoms with Crippen molar-refractivity contribution in [2.24, 2.45) is 5.41 Å². The van der Waals surface area contributed by atoms with E-state index < -0.39 is 15.7 Å². The van der Waals surface area contributed by atoms with E-state index in [1.165, 1.54) is 0 Å². The summed E-state index contributed by atoms with van der Waals surface area (Å²) in [6.07, 6.45) is 0.378. The molecule has 1 aliphatic carbocycles. The molecule has 1 heterocycles. The van der Waals surface area contributed by atoms with Crippen LogP contribution in [0.25, 0.3) is 11.5 Å². The van der Waals surface area contributed by atoms with Gasteiger partial charge >= 0.3 is 5.97 Å². The lowest BCUT2D eigenvalue weighted by Gasteiger charge is -2.10. The Kier molecular flexibility index (Phi) is 3.65. The van der Waals surface area contributed by atoms with Crippen molar-refractivity contribution in [2.45, 2.75) is 31.2 Å². The van der Waals surface area contributed by atoms with Crippen LogP contribution < -0.4 is 0 Å². The highest BCUT2D eigenvalue weighted by atomic mass is 35.5. The molecule has 2 aromatic rings. The number of halogens is 2. The molecule has 3 rings (SSSR count). The maximum Gasteiger partial charge on any atom is 0.315 e. The monoisotopic (exact) mass is 340 g/mol. The smallest absolute Gasteiger partial charge is 0.315 e. The Balaban J connectivity index is 1.63. The van der Waals surface area contributed by atoms with Crippen LogP contribution in [0, 0.1) is 12.3 Å². The molecule has 0 unspecified atom stereocenters. The summed E-state index contributed by atoms with van der Waals surface area (Å²) < 4.78 is 9.28. The third-order valence-corrected chi connectivity index (χ3v) is 4.91. The van der Waals surface area contributed by atoms with Gasteiger partial charge in [0.25, 0.3) is 5.89 Å². The summed E-state index contributed by atoms with van der Waals surface area (Å²) >= 11 is 11.9. The number of carbonyl (C=O) groups excluding carboxylic acids is 1. The van der Waals surface area contributed by atoms with Gasteiger partial charge in [0.1, 0.15) is 9.75 Å². The second-order valence-corrected chi connectivity index (χ2v) is 7.16. The van der Waals surface area contributed by atoms with Gasteiger partial charge in [-0.1, -0.05) is 22.9 Å². The molecule has 22 heavy (non-hydrogen) atoms. The number of hydrogen-bond donors (Lipinski definition) is 0. The van der Waals surface area contributed by atoms with E-state index in [2.05, 4.69) is 10.1 Å². The van der Waals surface area contributed by atoms with Crippen LogP contribution in [0.5, 0.6) is 0 Å². The SMILES string of the molecule is Cc1ccc(-c2nc(COC(=O)[C@@]3(C)CC3(Cl)Cl)no2)cc1. The Morgan fingerprint density at radius 2 is 2.00 bits per heavy atom. The molecule has 0 bridgehead atoms. The lowest BCUT2D eigenvalue weighted by molar-refractivity contribution is -0.151. The lowest BCUT2D eigenvalue weighted by Crippen LogP contribution is -2.21. The van der Waals surface area contributed by atoms with E-state index in [0.717, 1.165) is 11.1 Å². The van der Waals surface area contributed by atoms with Crippen LogP contribution in [0.1, 0.15) is 24.7 Å². The van der Waals surface area contributed by atoms with Crippen LogP contribution in [0.15, 0.2) is 28.8 Å². The third kappa shape index (κ3) is 2.71. The molecule has 1 fully saturated rings. The number of esters is 1. The number of benzene rings is 1. The van der Waals surface area contributed by atoms with Gasteiger partial charge in [-0.25, -0.2) is 0 Å². The van der Waals surface area contributed by atoms with Gasteiger partial charge in [0, 0.05) is 12.0 Å². The summed E-state index contributed by atoms with van der Waals surface area (Å²) in [4.78, 5) is 16.2. The molecule has 1 aromatic carbocycles. The topological polar surface area (TPSA) is 65.2 Å². The molecule has 1 saturated carbocycles. The molecule has 0 aliphatic heterocycles. The van der Waals surface area contributed by atoms with Gasteiger partial charge in [0.2, 0.25) is 5.82 Å². The number of nitrogens with zero attached hydrogens (tertiary/aromatic N) is 2. The van der Waals surface area contributed by atoms with E-state index in [4.69, 9.17) is 32.5 Å². The van der Waals surface area contributed by atoms with Crippen molar-refractivity contribution >= 4 is 29.2 Å². The van der Waals surface area contributed by atoms with Crippen molar-refractivity contribution in [1.82, 2.24) is 10.1 Å². The molecule has 7 heteroatoms. The maximum atomic E-state index is 12.0.